The zero-order chi connectivity index (χ0) is 13.2. The molecule has 1 fully saturated rings. The Morgan fingerprint density at radius 3 is 2.79 bits per heavy atom. The predicted molar refractivity (Wildman–Crippen MR) is 78.7 cm³/mol. The lowest BCUT2D eigenvalue weighted by atomic mass is 10.1. The van der Waals surface area contributed by atoms with Crippen molar-refractivity contribution in [2.75, 3.05) is 13.6 Å². The van der Waals surface area contributed by atoms with Crippen LogP contribution >= 0.6 is 11.6 Å². The highest BCUT2D eigenvalue weighted by atomic mass is 35.5. The molecule has 2 aromatic rings. The van der Waals surface area contributed by atoms with Gasteiger partial charge in [-0.05, 0) is 11.5 Å². The molecule has 0 bridgehead atoms. The van der Waals surface area contributed by atoms with E-state index in [9.17, 15) is 0 Å². The molecule has 96 valence electrons. The third kappa shape index (κ3) is 2.29. The molecule has 0 saturated carbocycles. The van der Waals surface area contributed by atoms with Gasteiger partial charge in [0.25, 0.3) is 6.02 Å². The molecule has 1 saturated heterocycles. The molecule has 0 aliphatic carbocycles. The molecule has 19 heavy (non-hydrogen) atoms. The third-order valence-electron chi connectivity index (χ3n) is 3.05. The van der Waals surface area contributed by atoms with Gasteiger partial charge in [-0.1, -0.05) is 48.0 Å². The van der Waals surface area contributed by atoms with E-state index in [2.05, 4.69) is 23.2 Å². The molecule has 3 nitrogen and oxygen atoms in total. The standard InChI is InChI=1S/C15H13ClN2O/c1-18-10-12(9-16)19-15(18)17-14-8-4-6-11-5-2-3-7-13(11)14/h2-9H,10H2,1H3/b12-9+,17-15?. The van der Waals surface area contributed by atoms with E-state index in [1.54, 1.807) is 0 Å². The lowest BCUT2D eigenvalue weighted by molar-refractivity contribution is 0.433. The quantitative estimate of drug-likeness (QED) is 0.787. The van der Waals surface area contributed by atoms with Crippen LogP contribution in [-0.4, -0.2) is 24.5 Å². The molecule has 0 amide bonds. The highest BCUT2D eigenvalue weighted by Gasteiger charge is 2.21. The first-order valence-corrected chi connectivity index (χ1v) is 6.46. The number of ether oxygens (including phenoxy) is 1. The van der Waals surface area contributed by atoms with Crippen molar-refractivity contribution in [3.05, 3.63) is 53.8 Å². The number of likely N-dealkylation sites (N-methyl/N-ethyl adjacent to an activating group) is 1. The summed E-state index contributed by atoms with van der Waals surface area (Å²) in [4.78, 5) is 6.51. The Hall–Kier alpha value is -2.00. The van der Waals surface area contributed by atoms with Gasteiger partial charge in [-0.25, -0.2) is 0 Å². The summed E-state index contributed by atoms with van der Waals surface area (Å²) < 4.78 is 5.58. The highest BCUT2D eigenvalue weighted by molar-refractivity contribution is 6.25. The number of amidine groups is 1. The van der Waals surface area contributed by atoms with Crippen molar-refractivity contribution >= 4 is 34.1 Å². The van der Waals surface area contributed by atoms with Crippen LogP contribution < -0.4 is 0 Å². The molecule has 0 N–H and O–H groups in total. The maximum atomic E-state index is 5.67. The second-order valence-corrected chi connectivity index (χ2v) is 4.64. The van der Waals surface area contributed by atoms with Crippen molar-refractivity contribution in [1.82, 2.24) is 4.90 Å². The molecule has 0 atom stereocenters. The topological polar surface area (TPSA) is 24.8 Å². The lowest BCUT2D eigenvalue weighted by Crippen LogP contribution is -2.19. The Bertz CT molecular complexity index is 673. The third-order valence-corrected chi connectivity index (χ3v) is 3.29. The van der Waals surface area contributed by atoms with Gasteiger partial charge in [-0.15, -0.1) is 0 Å². The van der Waals surface area contributed by atoms with E-state index >= 15 is 0 Å². The van der Waals surface area contributed by atoms with Gasteiger partial charge in [-0.3, -0.25) is 0 Å². The smallest absolute Gasteiger partial charge is 0.298 e. The number of fused-ring (bicyclic) bond motifs is 1. The Morgan fingerprint density at radius 1 is 1.21 bits per heavy atom. The molecule has 3 rings (SSSR count). The van der Waals surface area contributed by atoms with Crippen molar-refractivity contribution in [3.8, 4) is 0 Å². The molecule has 0 radical (unpaired) electrons. The van der Waals surface area contributed by atoms with Crippen molar-refractivity contribution in [2.24, 2.45) is 4.99 Å². The fourth-order valence-electron chi connectivity index (χ4n) is 2.10. The maximum Gasteiger partial charge on any atom is 0.298 e. The summed E-state index contributed by atoms with van der Waals surface area (Å²) in [5.74, 6) is 0.711. The average molecular weight is 273 g/mol. The summed E-state index contributed by atoms with van der Waals surface area (Å²) in [5.41, 5.74) is 2.35. The summed E-state index contributed by atoms with van der Waals surface area (Å²) in [6, 6.07) is 14.8. The minimum Gasteiger partial charge on any atom is -0.427 e. The molecule has 1 aliphatic rings. The fourth-order valence-corrected chi connectivity index (χ4v) is 2.22. The molecular weight excluding hydrogens is 260 g/mol. The highest BCUT2D eigenvalue weighted by Crippen LogP contribution is 2.27. The van der Waals surface area contributed by atoms with Gasteiger partial charge in [0.15, 0.2) is 0 Å². The molecular formula is C15H13ClN2O. The van der Waals surface area contributed by atoms with Crippen LogP contribution in [0.15, 0.2) is 58.8 Å². The van der Waals surface area contributed by atoms with E-state index in [4.69, 9.17) is 16.3 Å². The number of hydrogen-bond acceptors (Lipinski definition) is 2. The van der Waals surface area contributed by atoms with Crippen LogP contribution in [0.25, 0.3) is 10.8 Å². The minimum absolute atomic E-state index is 0.572. The molecule has 0 spiro atoms. The molecule has 1 heterocycles. The van der Waals surface area contributed by atoms with Crippen LogP contribution in [0.4, 0.5) is 5.69 Å². The van der Waals surface area contributed by atoms with Gasteiger partial charge in [-0.2, -0.15) is 4.99 Å². The van der Waals surface area contributed by atoms with Gasteiger partial charge in [0.2, 0.25) is 0 Å². The van der Waals surface area contributed by atoms with E-state index in [1.807, 2.05) is 36.2 Å². The Morgan fingerprint density at radius 2 is 2.00 bits per heavy atom. The molecule has 0 aromatic heterocycles. The number of hydrogen-bond donors (Lipinski definition) is 0. The first kappa shape index (κ1) is 12.1. The number of nitrogens with zero attached hydrogens (tertiary/aromatic N) is 2. The van der Waals surface area contributed by atoms with Gasteiger partial charge in [0.1, 0.15) is 5.76 Å². The van der Waals surface area contributed by atoms with Gasteiger partial charge in [0, 0.05) is 18.0 Å². The number of rotatable bonds is 1. The van der Waals surface area contributed by atoms with E-state index in [1.165, 1.54) is 5.54 Å². The SMILES string of the molecule is CN1C/C(=C\Cl)OC1=Nc1cccc2ccccc12. The van der Waals surface area contributed by atoms with Crippen LogP contribution in [0.2, 0.25) is 0 Å². The van der Waals surface area contributed by atoms with Crippen LogP contribution in [0.1, 0.15) is 0 Å². The van der Waals surface area contributed by atoms with Crippen molar-refractivity contribution in [3.63, 3.8) is 0 Å². The Kier molecular flexibility index (Phi) is 3.13. The summed E-state index contributed by atoms with van der Waals surface area (Å²) in [6.45, 7) is 0.646. The van der Waals surface area contributed by atoms with Crippen molar-refractivity contribution in [2.45, 2.75) is 0 Å². The van der Waals surface area contributed by atoms with Gasteiger partial charge in [0.05, 0.1) is 12.2 Å². The number of aliphatic imine (C=N–C) groups is 1. The van der Waals surface area contributed by atoms with Gasteiger partial charge >= 0.3 is 0 Å². The molecule has 0 unspecified atom stereocenters. The summed E-state index contributed by atoms with van der Waals surface area (Å²) in [7, 11) is 1.93. The fraction of sp³-hybridized carbons (Fsp3) is 0.133. The summed E-state index contributed by atoms with van der Waals surface area (Å²) in [5, 5.41) is 2.27. The monoisotopic (exact) mass is 272 g/mol. The average Bonchev–Trinajstić information content (AvgIpc) is 2.80. The number of halogens is 1. The normalized spacial score (nSPS) is 19.4. The molecule has 4 heteroatoms. The predicted octanol–water partition coefficient (Wildman–Crippen LogP) is 3.87. The minimum atomic E-state index is 0.572. The molecule has 1 aliphatic heterocycles. The van der Waals surface area contributed by atoms with Gasteiger partial charge < -0.3 is 9.64 Å². The zero-order valence-electron chi connectivity index (χ0n) is 10.5. The lowest BCUT2D eigenvalue weighted by Gasteiger charge is -2.08. The Labute approximate surface area is 116 Å². The van der Waals surface area contributed by atoms with Crippen molar-refractivity contribution in [1.29, 1.82) is 0 Å². The van der Waals surface area contributed by atoms with Crippen molar-refractivity contribution < 1.29 is 4.74 Å². The van der Waals surface area contributed by atoms with E-state index in [0.29, 0.717) is 18.3 Å². The van der Waals surface area contributed by atoms with E-state index < -0.39 is 0 Å². The summed E-state index contributed by atoms with van der Waals surface area (Å²) in [6.07, 6.45) is 0. The second-order valence-electron chi connectivity index (χ2n) is 4.43. The van der Waals surface area contributed by atoms with Crippen LogP contribution in [-0.2, 0) is 4.74 Å². The summed E-state index contributed by atoms with van der Waals surface area (Å²) >= 11 is 5.67. The van der Waals surface area contributed by atoms with E-state index in [0.717, 1.165) is 16.5 Å². The molecule has 2 aromatic carbocycles. The maximum absolute atomic E-state index is 5.67. The van der Waals surface area contributed by atoms with E-state index in [-0.39, 0.29) is 0 Å². The first-order valence-electron chi connectivity index (χ1n) is 6.02. The Balaban J connectivity index is 2.06. The zero-order valence-corrected chi connectivity index (χ0v) is 11.3. The van der Waals surface area contributed by atoms with Crippen LogP contribution in [0, 0.1) is 0 Å². The van der Waals surface area contributed by atoms with Crippen LogP contribution in [0.3, 0.4) is 0 Å². The first-order chi connectivity index (χ1) is 9.28. The second kappa shape index (κ2) is 4.94. The van der Waals surface area contributed by atoms with Crippen LogP contribution in [0.5, 0.6) is 0 Å². The number of benzene rings is 2. The largest absolute Gasteiger partial charge is 0.427 e.